The third kappa shape index (κ3) is 2.85. The van der Waals surface area contributed by atoms with Crippen LogP contribution in [0.3, 0.4) is 0 Å². The maximum absolute atomic E-state index is 9.59. The number of hydrogen-bond donors (Lipinski definition) is 2. The summed E-state index contributed by atoms with van der Waals surface area (Å²) in [4.78, 5) is 8.12. The summed E-state index contributed by atoms with van der Waals surface area (Å²) in [5.41, 5.74) is -0.225. The molecule has 94 valence electrons. The molecular weight excluding hydrogens is 218 g/mol. The first-order chi connectivity index (χ1) is 8.28. The first kappa shape index (κ1) is 12.1. The molecule has 1 aromatic heterocycles. The number of ether oxygens (including phenoxy) is 1. The standard InChI is InChI=1S/C12H19N3O2/c1-17-11-7-10(13-9-14-11)15-12(8-16)5-3-2-4-6-12/h7,9,16H,2-6,8H2,1H3,(H,13,14,15). The van der Waals surface area contributed by atoms with Crippen LogP contribution < -0.4 is 10.1 Å². The largest absolute Gasteiger partial charge is 0.481 e. The fourth-order valence-corrected chi connectivity index (χ4v) is 2.34. The van der Waals surface area contributed by atoms with Gasteiger partial charge >= 0.3 is 0 Å². The topological polar surface area (TPSA) is 67.3 Å². The van der Waals surface area contributed by atoms with Crippen LogP contribution in [0.2, 0.25) is 0 Å². The van der Waals surface area contributed by atoms with E-state index in [0.717, 1.165) is 25.7 Å². The Hall–Kier alpha value is -1.36. The monoisotopic (exact) mass is 237 g/mol. The molecule has 2 N–H and O–H groups in total. The zero-order valence-corrected chi connectivity index (χ0v) is 10.1. The average Bonchev–Trinajstić information content (AvgIpc) is 2.40. The van der Waals surface area contributed by atoms with Gasteiger partial charge in [-0.1, -0.05) is 19.3 Å². The molecule has 5 nitrogen and oxygen atoms in total. The van der Waals surface area contributed by atoms with E-state index in [-0.39, 0.29) is 12.1 Å². The fraction of sp³-hybridized carbons (Fsp3) is 0.667. The molecule has 1 saturated carbocycles. The number of hydrogen-bond acceptors (Lipinski definition) is 5. The molecule has 0 bridgehead atoms. The summed E-state index contributed by atoms with van der Waals surface area (Å²) in [5.74, 6) is 1.25. The van der Waals surface area contributed by atoms with E-state index in [1.165, 1.54) is 12.7 Å². The zero-order valence-electron chi connectivity index (χ0n) is 10.1. The van der Waals surface area contributed by atoms with Crippen molar-refractivity contribution in [3.05, 3.63) is 12.4 Å². The van der Waals surface area contributed by atoms with Crippen molar-refractivity contribution in [2.45, 2.75) is 37.6 Å². The normalized spacial score (nSPS) is 18.7. The van der Waals surface area contributed by atoms with Gasteiger partial charge in [-0.25, -0.2) is 9.97 Å². The number of nitrogens with one attached hydrogen (secondary N) is 1. The SMILES string of the molecule is COc1cc(NC2(CO)CCCCC2)ncn1. The molecule has 0 spiro atoms. The van der Waals surface area contributed by atoms with Gasteiger partial charge in [0, 0.05) is 6.07 Å². The van der Waals surface area contributed by atoms with E-state index < -0.39 is 0 Å². The van der Waals surface area contributed by atoms with Crippen LogP contribution in [-0.2, 0) is 0 Å². The molecule has 2 rings (SSSR count). The van der Waals surface area contributed by atoms with E-state index in [4.69, 9.17) is 4.74 Å². The van der Waals surface area contributed by atoms with Gasteiger partial charge in [-0.2, -0.15) is 0 Å². The Morgan fingerprint density at radius 1 is 1.35 bits per heavy atom. The highest BCUT2D eigenvalue weighted by atomic mass is 16.5. The molecule has 0 aliphatic heterocycles. The first-order valence-corrected chi connectivity index (χ1v) is 6.03. The second-order valence-corrected chi connectivity index (χ2v) is 4.57. The lowest BCUT2D eigenvalue weighted by Gasteiger charge is -2.36. The van der Waals surface area contributed by atoms with Gasteiger partial charge in [-0.15, -0.1) is 0 Å². The van der Waals surface area contributed by atoms with Crippen molar-refractivity contribution in [3.8, 4) is 5.88 Å². The summed E-state index contributed by atoms with van der Waals surface area (Å²) in [6.45, 7) is 0.138. The van der Waals surface area contributed by atoms with Crippen LogP contribution in [0, 0.1) is 0 Å². The number of aliphatic hydroxyl groups excluding tert-OH is 1. The van der Waals surface area contributed by atoms with Gasteiger partial charge < -0.3 is 15.2 Å². The van der Waals surface area contributed by atoms with Crippen molar-refractivity contribution < 1.29 is 9.84 Å². The van der Waals surface area contributed by atoms with Gasteiger partial charge in [-0.3, -0.25) is 0 Å². The van der Waals surface area contributed by atoms with E-state index >= 15 is 0 Å². The predicted molar refractivity (Wildman–Crippen MR) is 65.1 cm³/mol. The van der Waals surface area contributed by atoms with Gasteiger partial charge in [0.05, 0.1) is 19.3 Å². The zero-order chi connectivity index (χ0) is 12.1. The van der Waals surface area contributed by atoms with E-state index in [1.807, 2.05) is 0 Å². The number of rotatable bonds is 4. The summed E-state index contributed by atoms with van der Waals surface area (Å²) >= 11 is 0. The van der Waals surface area contributed by atoms with E-state index in [9.17, 15) is 5.11 Å². The van der Waals surface area contributed by atoms with Crippen LogP contribution in [0.1, 0.15) is 32.1 Å². The van der Waals surface area contributed by atoms with Crippen molar-refractivity contribution in [1.82, 2.24) is 9.97 Å². The highest BCUT2D eigenvalue weighted by Crippen LogP contribution is 2.31. The molecule has 0 unspecified atom stereocenters. The number of aromatic nitrogens is 2. The quantitative estimate of drug-likeness (QED) is 0.832. The van der Waals surface area contributed by atoms with Crippen molar-refractivity contribution in [2.24, 2.45) is 0 Å². The lowest BCUT2D eigenvalue weighted by molar-refractivity contribution is 0.172. The Balaban J connectivity index is 2.11. The van der Waals surface area contributed by atoms with Crippen molar-refractivity contribution in [1.29, 1.82) is 0 Å². The van der Waals surface area contributed by atoms with Crippen molar-refractivity contribution in [3.63, 3.8) is 0 Å². The summed E-state index contributed by atoms with van der Waals surface area (Å²) in [6.07, 6.45) is 6.97. The lowest BCUT2D eigenvalue weighted by atomic mass is 9.82. The Morgan fingerprint density at radius 3 is 2.76 bits per heavy atom. The van der Waals surface area contributed by atoms with Crippen LogP contribution in [-0.4, -0.2) is 34.3 Å². The second-order valence-electron chi connectivity index (χ2n) is 4.57. The molecule has 0 atom stereocenters. The molecule has 0 amide bonds. The first-order valence-electron chi connectivity index (χ1n) is 6.03. The van der Waals surface area contributed by atoms with Crippen LogP contribution >= 0.6 is 0 Å². The van der Waals surface area contributed by atoms with E-state index in [1.54, 1.807) is 13.2 Å². The minimum Gasteiger partial charge on any atom is -0.481 e. The molecule has 5 heteroatoms. The minimum atomic E-state index is -0.225. The predicted octanol–water partition coefficient (Wildman–Crippen LogP) is 1.59. The van der Waals surface area contributed by atoms with E-state index in [0.29, 0.717) is 11.7 Å². The number of nitrogens with zero attached hydrogens (tertiary/aromatic N) is 2. The average molecular weight is 237 g/mol. The van der Waals surface area contributed by atoms with Crippen LogP contribution in [0.25, 0.3) is 0 Å². The summed E-state index contributed by atoms with van der Waals surface area (Å²) in [6, 6.07) is 1.76. The Bertz CT molecular complexity index is 365. The van der Waals surface area contributed by atoms with Crippen LogP contribution in [0.4, 0.5) is 5.82 Å². The molecule has 17 heavy (non-hydrogen) atoms. The maximum Gasteiger partial charge on any atom is 0.218 e. The Kier molecular flexibility index (Phi) is 3.78. The van der Waals surface area contributed by atoms with Crippen molar-refractivity contribution >= 4 is 5.82 Å². The second kappa shape index (κ2) is 5.31. The fourth-order valence-electron chi connectivity index (χ4n) is 2.34. The maximum atomic E-state index is 9.59. The minimum absolute atomic E-state index is 0.138. The molecule has 1 heterocycles. The number of aliphatic hydroxyl groups is 1. The Morgan fingerprint density at radius 2 is 2.12 bits per heavy atom. The van der Waals surface area contributed by atoms with Gasteiger partial charge in [0.2, 0.25) is 5.88 Å². The van der Waals surface area contributed by atoms with Crippen LogP contribution in [0.5, 0.6) is 5.88 Å². The lowest BCUT2D eigenvalue weighted by Crippen LogP contribution is -2.44. The summed E-state index contributed by atoms with van der Waals surface area (Å²) in [5, 5.41) is 12.9. The van der Waals surface area contributed by atoms with Gasteiger partial charge in [0.25, 0.3) is 0 Å². The number of methoxy groups -OCH3 is 1. The number of anilines is 1. The molecule has 0 aromatic carbocycles. The third-order valence-electron chi connectivity index (χ3n) is 3.36. The van der Waals surface area contributed by atoms with Gasteiger partial charge in [0.15, 0.2) is 0 Å². The molecule has 1 aliphatic carbocycles. The molecule has 1 aliphatic rings. The van der Waals surface area contributed by atoms with Gasteiger partial charge in [-0.05, 0) is 12.8 Å². The molecule has 1 fully saturated rings. The van der Waals surface area contributed by atoms with Crippen molar-refractivity contribution in [2.75, 3.05) is 19.0 Å². The van der Waals surface area contributed by atoms with E-state index in [2.05, 4.69) is 15.3 Å². The van der Waals surface area contributed by atoms with Crippen LogP contribution in [0.15, 0.2) is 12.4 Å². The molecule has 0 radical (unpaired) electrons. The van der Waals surface area contributed by atoms with Gasteiger partial charge in [0.1, 0.15) is 12.1 Å². The molecule has 0 saturated heterocycles. The molecular formula is C12H19N3O2. The molecule has 1 aromatic rings. The summed E-state index contributed by atoms with van der Waals surface area (Å²) < 4.78 is 5.06. The Labute approximate surface area is 101 Å². The highest BCUT2D eigenvalue weighted by molar-refractivity contribution is 5.40. The highest BCUT2D eigenvalue weighted by Gasteiger charge is 2.31. The third-order valence-corrected chi connectivity index (χ3v) is 3.36. The smallest absolute Gasteiger partial charge is 0.218 e. The summed E-state index contributed by atoms with van der Waals surface area (Å²) in [7, 11) is 1.58.